The fraction of sp³-hybridized carbons (Fsp3) is 0.176. The van der Waals surface area contributed by atoms with Crippen molar-refractivity contribution >= 4 is 46.3 Å². The van der Waals surface area contributed by atoms with Gasteiger partial charge in [0, 0.05) is 22.6 Å². The summed E-state index contributed by atoms with van der Waals surface area (Å²) in [6.07, 6.45) is 3.76. The molecule has 42 heavy (non-hydrogen) atoms. The topological polar surface area (TPSA) is 48.5 Å². The van der Waals surface area contributed by atoms with E-state index in [4.69, 9.17) is 32.9 Å². The fourth-order valence-electron chi connectivity index (χ4n) is 6.21. The molecule has 0 fully saturated rings. The van der Waals surface area contributed by atoms with Crippen molar-refractivity contribution in [2.75, 3.05) is 7.11 Å². The number of halogens is 2. The van der Waals surface area contributed by atoms with E-state index < -0.39 is 0 Å². The zero-order chi connectivity index (χ0) is 29.1. The van der Waals surface area contributed by atoms with Crippen LogP contribution in [0.15, 0.2) is 88.2 Å². The minimum atomic E-state index is -0.235. The largest absolute Gasteiger partial charge is 0.497 e. The molecule has 0 spiro atoms. The van der Waals surface area contributed by atoms with Crippen LogP contribution in [0.2, 0.25) is 10.0 Å². The van der Waals surface area contributed by atoms with Crippen LogP contribution in [-0.4, -0.2) is 16.2 Å². The van der Waals surface area contributed by atoms with E-state index in [1.807, 2.05) is 48.8 Å². The summed E-state index contributed by atoms with van der Waals surface area (Å²) in [5, 5.41) is 1.02. The molecule has 5 aromatic rings. The molecule has 0 bridgehead atoms. The van der Waals surface area contributed by atoms with Crippen LogP contribution in [0, 0.1) is 13.8 Å². The number of aromatic nitrogens is 2. The lowest BCUT2D eigenvalue weighted by atomic mass is 9.83. The summed E-state index contributed by atoms with van der Waals surface area (Å²) < 4.78 is 10.1. The number of hydrogen-bond acceptors (Lipinski definition) is 4. The van der Waals surface area contributed by atoms with E-state index in [-0.39, 0.29) is 11.6 Å². The van der Waals surface area contributed by atoms with Gasteiger partial charge in [-0.3, -0.25) is 9.36 Å². The van der Waals surface area contributed by atoms with E-state index in [9.17, 15) is 4.79 Å². The molecule has 0 saturated heterocycles. The first kappa shape index (κ1) is 27.0. The van der Waals surface area contributed by atoms with Crippen molar-refractivity contribution in [3.63, 3.8) is 0 Å². The highest BCUT2D eigenvalue weighted by molar-refractivity contribution is 7.07. The van der Waals surface area contributed by atoms with Crippen LogP contribution in [-0.2, 0) is 6.42 Å². The Morgan fingerprint density at radius 3 is 2.52 bits per heavy atom. The molecular weight excluding hydrogens is 585 g/mol. The van der Waals surface area contributed by atoms with Gasteiger partial charge in [-0.15, -0.1) is 0 Å². The van der Waals surface area contributed by atoms with Crippen LogP contribution in [0.5, 0.6) is 5.75 Å². The van der Waals surface area contributed by atoms with E-state index in [1.54, 1.807) is 13.2 Å². The predicted octanol–water partition coefficient (Wildman–Crippen LogP) is 7.04. The molecule has 7 rings (SSSR count). The van der Waals surface area contributed by atoms with E-state index in [0.717, 1.165) is 58.1 Å². The first-order valence-corrected chi connectivity index (χ1v) is 15.3. The van der Waals surface area contributed by atoms with Gasteiger partial charge in [-0.1, -0.05) is 70.9 Å². The number of thiazole rings is 1. The van der Waals surface area contributed by atoms with E-state index in [0.29, 0.717) is 19.4 Å². The van der Waals surface area contributed by atoms with Crippen LogP contribution in [0.25, 0.3) is 17.5 Å². The monoisotopic (exact) mass is 611 g/mol. The van der Waals surface area contributed by atoms with E-state index in [2.05, 4.69) is 47.0 Å². The number of allylic oxidation sites excluding steroid dienone is 1. The minimum absolute atomic E-state index is 0.0377. The lowest BCUT2D eigenvalue weighted by Gasteiger charge is -2.30. The zero-order valence-corrected chi connectivity index (χ0v) is 25.6. The molecule has 3 aromatic carbocycles. The van der Waals surface area contributed by atoms with Gasteiger partial charge in [-0.2, -0.15) is 0 Å². The molecule has 5 nitrogen and oxygen atoms in total. The van der Waals surface area contributed by atoms with Crippen molar-refractivity contribution in [1.82, 2.24) is 9.13 Å². The normalized spacial score (nSPS) is 16.1. The van der Waals surface area contributed by atoms with Crippen molar-refractivity contribution < 1.29 is 4.74 Å². The molecule has 2 aliphatic rings. The molecule has 8 heteroatoms. The summed E-state index contributed by atoms with van der Waals surface area (Å²) in [6.45, 7) is 4.10. The molecule has 0 saturated carbocycles. The zero-order valence-electron chi connectivity index (χ0n) is 23.3. The van der Waals surface area contributed by atoms with Crippen LogP contribution in [0.3, 0.4) is 0 Å². The van der Waals surface area contributed by atoms with E-state index in [1.165, 1.54) is 22.5 Å². The summed E-state index contributed by atoms with van der Waals surface area (Å²) in [7, 11) is 1.66. The Bertz CT molecular complexity index is 2100. The van der Waals surface area contributed by atoms with Crippen LogP contribution in [0.4, 0.5) is 0 Å². The van der Waals surface area contributed by atoms with Crippen molar-refractivity contribution in [2.45, 2.75) is 32.7 Å². The Labute approximate surface area is 257 Å². The van der Waals surface area contributed by atoms with Crippen molar-refractivity contribution in [1.29, 1.82) is 0 Å². The van der Waals surface area contributed by atoms with Crippen molar-refractivity contribution in [2.24, 2.45) is 4.99 Å². The Morgan fingerprint density at radius 1 is 0.976 bits per heavy atom. The Kier molecular flexibility index (Phi) is 6.73. The fourth-order valence-corrected chi connectivity index (χ4v) is 7.49. The number of hydrogen-bond donors (Lipinski definition) is 0. The number of methoxy groups -OCH3 is 1. The molecule has 2 aromatic heterocycles. The van der Waals surface area contributed by atoms with Gasteiger partial charge in [-0.25, -0.2) is 4.99 Å². The number of benzene rings is 3. The third-order valence-electron chi connectivity index (χ3n) is 8.22. The van der Waals surface area contributed by atoms with Gasteiger partial charge in [0.25, 0.3) is 5.56 Å². The summed E-state index contributed by atoms with van der Waals surface area (Å²) in [6, 6.07) is 24.0. The van der Waals surface area contributed by atoms with Gasteiger partial charge in [0.15, 0.2) is 4.80 Å². The molecule has 0 amide bonds. The highest BCUT2D eigenvalue weighted by Gasteiger charge is 2.32. The molecule has 210 valence electrons. The van der Waals surface area contributed by atoms with Gasteiger partial charge >= 0.3 is 0 Å². The number of nitrogens with zero attached hydrogens (tertiary/aromatic N) is 3. The number of aryl methyl sites for hydroxylation is 2. The number of ether oxygens (including phenoxy) is 1. The van der Waals surface area contributed by atoms with Crippen LogP contribution >= 0.6 is 34.5 Å². The van der Waals surface area contributed by atoms with Crippen molar-refractivity contribution in [3.8, 4) is 11.4 Å². The molecule has 1 aliphatic heterocycles. The highest BCUT2D eigenvalue weighted by atomic mass is 35.5. The lowest BCUT2D eigenvalue weighted by molar-refractivity contribution is 0.414. The summed E-state index contributed by atoms with van der Waals surface area (Å²) >= 11 is 13.9. The summed E-state index contributed by atoms with van der Waals surface area (Å²) in [5.74, 6) is 0.784. The molecule has 1 atom stereocenters. The Hall–Kier alpha value is -3.84. The molecule has 1 aliphatic carbocycles. The maximum atomic E-state index is 14.2. The third-order valence-corrected chi connectivity index (χ3v) is 9.94. The second kappa shape index (κ2) is 10.5. The first-order chi connectivity index (χ1) is 20.3. The lowest BCUT2D eigenvalue weighted by Crippen LogP contribution is -2.38. The second-order valence-electron chi connectivity index (χ2n) is 10.6. The average Bonchev–Trinajstić information content (AvgIpc) is 3.46. The van der Waals surface area contributed by atoms with Crippen LogP contribution in [0.1, 0.15) is 46.1 Å². The number of rotatable bonds is 4. The maximum Gasteiger partial charge on any atom is 0.271 e. The smallest absolute Gasteiger partial charge is 0.271 e. The minimum Gasteiger partial charge on any atom is -0.497 e. The third kappa shape index (κ3) is 4.37. The van der Waals surface area contributed by atoms with Gasteiger partial charge in [0.1, 0.15) is 5.75 Å². The van der Waals surface area contributed by atoms with Gasteiger partial charge in [0.2, 0.25) is 0 Å². The summed E-state index contributed by atoms with van der Waals surface area (Å²) in [4.78, 5) is 20.0. The Morgan fingerprint density at radius 2 is 1.76 bits per heavy atom. The first-order valence-electron chi connectivity index (χ1n) is 13.8. The standard InChI is InChI=1S/C34H27Cl2N3O2S/c1-19-16-23(20(2)38(19)24-11-15-28(35)29(36)18-24)17-30-33(40)39-32(22-8-12-25(41-3)13-9-22)27-14-10-21-6-4-5-7-26(21)31(27)37-34(39)42-30/h4-9,11-13,15-18,32H,10,14H2,1-3H3/b30-17+/t32-/m0/s1. The number of fused-ring (bicyclic) bond motifs is 3. The molecule has 0 N–H and O–H groups in total. The van der Waals surface area contributed by atoms with Crippen LogP contribution < -0.4 is 19.6 Å². The predicted molar refractivity (Wildman–Crippen MR) is 171 cm³/mol. The van der Waals surface area contributed by atoms with E-state index >= 15 is 0 Å². The van der Waals surface area contributed by atoms with Gasteiger partial charge < -0.3 is 9.30 Å². The highest BCUT2D eigenvalue weighted by Crippen LogP contribution is 2.41. The average molecular weight is 613 g/mol. The van der Waals surface area contributed by atoms with Gasteiger partial charge in [-0.05, 0) is 91.4 Å². The Balaban J connectivity index is 1.42. The SMILES string of the molecule is COc1ccc([C@H]2C3=C(N=c4s/c(=C/c5cc(C)n(-c6ccc(Cl)c(Cl)c6)c5C)c(=O)n42)c2ccccc2CC3)cc1. The van der Waals surface area contributed by atoms with Crippen molar-refractivity contribution in [3.05, 3.63) is 142 Å². The molecule has 0 radical (unpaired) electrons. The second-order valence-corrected chi connectivity index (χ2v) is 12.5. The summed E-state index contributed by atoms with van der Waals surface area (Å²) in [5.41, 5.74) is 9.56. The molecule has 3 heterocycles. The quantitative estimate of drug-likeness (QED) is 0.219. The molecular formula is C34H27Cl2N3O2S. The maximum absolute atomic E-state index is 14.2. The molecule has 0 unspecified atom stereocenters. The van der Waals surface area contributed by atoms with Gasteiger partial charge in [0.05, 0.1) is 33.4 Å².